The van der Waals surface area contributed by atoms with E-state index in [9.17, 15) is 0 Å². The average molecular weight is 235 g/mol. The van der Waals surface area contributed by atoms with Crippen molar-refractivity contribution in [2.45, 2.75) is 38.5 Å². The average Bonchev–Trinajstić information content (AvgIpc) is 2.58. The first kappa shape index (κ1) is 10.2. The molecule has 0 saturated carbocycles. The second kappa shape index (κ2) is 3.24. The molecule has 0 fully saturated rings. The van der Waals surface area contributed by atoms with Crippen LogP contribution in [0.5, 0.6) is 0 Å². The molecular formula is C13H15ClN2. The Bertz CT molecular complexity index is 554. The van der Waals surface area contributed by atoms with Crippen molar-refractivity contribution in [2.24, 2.45) is 0 Å². The summed E-state index contributed by atoms with van der Waals surface area (Å²) in [4.78, 5) is 4.68. The molecule has 1 aliphatic rings. The first-order valence-electron chi connectivity index (χ1n) is 5.75. The number of rotatable bonds is 0. The third kappa shape index (κ3) is 1.29. The lowest BCUT2D eigenvalue weighted by atomic mass is 9.78. The summed E-state index contributed by atoms with van der Waals surface area (Å²) < 4.78 is 2.16. The minimum absolute atomic E-state index is 0.206. The van der Waals surface area contributed by atoms with Crippen molar-refractivity contribution in [3.05, 3.63) is 34.7 Å². The molecule has 0 bridgehead atoms. The van der Waals surface area contributed by atoms with Gasteiger partial charge in [-0.1, -0.05) is 25.4 Å². The number of halogens is 1. The first-order chi connectivity index (χ1) is 7.59. The second-order valence-electron chi connectivity index (χ2n) is 5.19. The van der Waals surface area contributed by atoms with Gasteiger partial charge in [0.05, 0.1) is 16.4 Å². The molecule has 0 N–H and O–H groups in total. The summed E-state index contributed by atoms with van der Waals surface area (Å²) in [7, 11) is 0. The van der Waals surface area contributed by atoms with Gasteiger partial charge >= 0.3 is 0 Å². The molecule has 2 aromatic rings. The van der Waals surface area contributed by atoms with E-state index in [1.165, 1.54) is 24.2 Å². The van der Waals surface area contributed by atoms with Crippen molar-refractivity contribution in [1.29, 1.82) is 0 Å². The maximum absolute atomic E-state index is 6.19. The van der Waals surface area contributed by atoms with Gasteiger partial charge in [-0.05, 0) is 31.4 Å². The molecule has 0 aliphatic heterocycles. The molecular weight excluding hydrogens is 220 g/mol. The maximum atomic E-state index is 6.19. The van der Waals surface area contributed by atoms with Crippen molar-refractivity contribution in [3.63, 3.8) is 0 Å². The summed E-state index contributed by atoms with van der Waals surface area (Å²) in [6.07, 6.45) is 5.60. The predicted octanol–water partition coefficient (Wildman–Crippen LogP) is 3.60. The molecule has 1 aliphatic carbocycles. The third-order valence-electron chi connectivity index (χ3n) is 3.53. The molecule has 0 saturated heterocycles. The Labute approximate surface area is 100 Å². The van der Waals surface area contributed by atoms with Gasteiger partial charge in [0.15, 0.2) is 5.65 Å². The number of imidazole rings is 1. The molecule has 84 valence electrons. The van der Waals surface area contributed by atoms with E-state index in [4.69, 9.17) is 11.6 Å². The SMILES string of the molecule is CC1(C)CCCc2nc3c(Cl)cccn3c21. The zero-order chi connectivity index (χ0) is 11.3. The molecule has 0 atom stereocenters. The van der Waals surface area contributed by atoms with Crippen LogP contribution < -0.4 is 0 Å². The van der Waals surface area contributed by atoms with E-state index in [-0.39, 0.29) is 5.41 Å². The van der Waals surface area contributed by atoms with Crippen LogP contribution in [0.1, 0.15) is 38.1 Å². The summed E-state index contributed by atoms with van der Waals surface area (Å²) in [5, 5.41) is 0.743. The van der Waals surface area contributed by atoms with Gasteiger partial charge in [-0.15, -0.1) is 0 Å². The lowest BCUT2D eigenvalue weighted by molar-refractivity contribution is 0.414. The van der Waals surface area contributed by atoms with Crippen LogP contribution in [0.15, 0.2) is 18.3 Å². The second-order valence-corrected chi connectivity index (χ2v) is 5.60. The molecule has 0 unspecified atom stereocenters. The van der Waals surface area contributed by atoms with E-state index in [2.05, 4.69) is 29.4 Å². The molecule has 2 heterocycles. The Morgan fingerprint density at radius 3 is 3.06 bits per heavy atom. The highest BCUT2D eigenvalue weighted by atomic mass is 35.5. The molecule has 16 heavy (non-hydrogen) atoms. The maximum Gasteiger partial charge on any atom is 0.156 e. The number of nitrogens with zero attached hydrogens (tertiary/aromatic N) is 2. The molecule has 2 nitrogen and oxygen atoms in total. The van der Waals surface area contributed by atoms with Crippen LogP contribution in [0.2, 0.25) is 5.02 Å². The summed E-state index contributed by atoms with van der Waals surface area (Å²) >= 11 is 6.19. The summed E-state index contributed by atoms with van der Waals surface area (Å²) in [5.41, 5.74) is 3.68. The smallest absolute Gasteiger partial charge is 0.156 e. The van der Waals surface area contributed by atoms with Crippen LogP contribution in [0.3, 0.4) is 0 Å². The van der Waals surface area contributed by atoms with Crippen LogP contribution in [0.4, 0.5) is 0 Å². The first-order valence-corrected chi connectivity index (χ1v) is 6.13. The monoisotopic (exact) mass is 234 g/mol. The van der Waals surface area contributed by atoms with E-state index in [1.54, 1.807) is 0 Å². The number of hydrogen-bond donors (Lipinski definition) is 0. The number of pyridine rings is 1. The molecule has 0 aromatic carbocycles. The van der Waals surface area contributed by atoms with E-state index in [0.717, 1.165) is 17.1 Å². The number of hydrogen-bond acceptors (Lipinski definition) is 1. The van der Waals surface area contributed by atoms with Gasteiger partial charge in [-0.2, -0.15) is 0 Å². The minimum atomic E-state index is 0.206. The quantitative estimate of drug-likeness (QED) is 0.681. The van der Waals surface area contributed by atoms with Crippen LogP contribution >= 0.6 is 11.6 Å². The fourth-order valence-electron chi connectivity index (χ4n) is 2.79. The van der Waals surface area contributed by atoms with Gasteiger partial charge in [0.2, 0.25) is 0 Å². The van der Waals surface area contributed by atoms with Crippen molar-refractivity contribution >= 4 is 17.2 Å². The fourth-order valence-corrected chi connectivity index (χ4v) is 2.99. The van der Waals surface area contributed by atoms with Crippen molar-refractivity contribution in [1.82, 2.24) is 9.38 Å². The number of aryl methyl sites for hydroxylation is 1. The van der Waals surface area contributed by atoms with E-state index in [0.29, 0.717) is 0 Å². The Morgan fingerprint density at radius 1 is 1.44 bits per heavy atom. The van der Waals surface area contributed by atoms with Gasteiger partial charge in [0, 0.05) is 11.6 Å². The molecule has 0 spiro atoms. The summed E-state index contributed by atoms with van der Waals surface area (Å²) in [6.45, 7) is 4.58. The van der Waals surface area contributed by atoms with E-state index >= 15 is 0 Å². The lowest BCUT2D eigenvalue weighted by Crippen LogP contribution is -2.25. The topological polar surface area (TPSA) is 17.3 Å². The van der Waals surface area contributed by atoms with Gasteiger partial charge in [-0.3, -0.25) is 0 Å². The minimum Gasteiger partial charge on any atom is -0.302 e. The normalized spacial score (nSPS) is 18.7. The number of fused-ring (bicyclic) bond motifs is 3. The van der Waals surface area contributed by atoms with Crippen molar-refractivity contribution in [3.8, 4) is 0 Å². The van der Waals surface area contributed by atoms with Gasteiger partial charge in [0.25, 0.3) is 0 Å². The van der Waals surface area contributed by atoms with Gasteiger partial charge in [-0.25, -0.2) is 4.98 Å². The Morgan fingerprint density at radius 2 is 2.25 bits per heavy atom. The molecule has 0 amide bonds. The number of aromatic nitrogens is 2. The highest BCUT2D eigenvalue weighted by Crippen LogP contribution is 2.37. The third-order valence-corrected chi connectivity index (χ3v) is 3.83. The summed E-state index contributed by atoms with van der Waals surface area (Å²) in [6, 6.07) is 3.89. The Balaban J connectivity index is 2.40. The largest absolute Gasteiger partial charge is 0.302 e. The molecule has 2 aromatic heterocycles. The molecule has 3 rings (SSSR count). The van der Waals surface area contributed by atoms with Crippen molar-refractivity contribution in [2.75, 3.05) is 0 Å². The van der Waals surface area contributed by atoms with Crippen molar-refractivity contribution < 1.29 is 0 Å². The zero-order valence-corrected chi connectivity index (χ0v) is 10.4. The Hall–Kier alpha value is -1.02. The van der Waals surface area contributed by atoms with E-state index in [1.807, 2.05) is 12.1 Å². The predicted molar refractivity (Wildman–Crippen MR) is 66.2 cm³/mol. The molecule has 3 heteroatoms. The van der Waals surface area contributed by atoms with Crippen LogP contribution in [-0.2, 0) is 11.8 Å². The highest BCUT2D eigenvalue weighted by molar-refractivity contribution is 6.33. The lowest BCUT2D eigenvalue weighted by Gasteiger charge is -2.29. The van der Waals surface area contributed by atoms with Crippen LogP contribution in [-0.4, -0.2) is 9.38 Å². The highest BCUT2D eigenvalue weighted by Gasteiger charge is 2.32. The van der Waals surface area contributed by atoms with Gasteiger partial charge < -0.3 is 4.40 Å². The van der Waals surface area contributed by atoms with E-state index < -0.39 is 0 Å². The fraction of sp³-hybridized carbons (Fsp3) is 0.462. The van der Waals surface area contributed by atoms with Crippen LogP contribution in [0, 0.1) is 0 Å². The van der Waals surface area contributed by atoms with Crippen LogP contribution in [0.25, 0.3) is 5.65 Å². The standard InChI is InChI=1S/C13H15ClN2/c1-13(2)7-3-6-10-11(13)16-8-4-5-9(14)12(16)15-10/h4-5,8H,3,6-7H2,1-2H3. The van der Waals surface area contributed by atoms with Gasteiger partial charge in [0.1, 0.15) is 0 Å². The Kier molecular flexibility index (Phi) is 2.05. The molecule has 0 radical (unpaired) electrons. The summed E-state index contributed by atoms with van der Waals surface area (Å²) in [5.74, 6) is 0. The zero-order valence-electron chi connectivity index (χ0n) is 9.63.